The molecule has 2 unspecified atom stereocenters. The van der Waals surface area contributed by atoms with Gasteiger partial charge in [0, 0.05) is 12.6 Å². The highest BCUT2D eigenvalue weighted by molar-refractivity contribution is 5.86. The molecule has 0 saturated heterocycles. The van der Waals surface area contributed by atoms with Crippen LogP contribution in [0.1, 0.15) is 31.2 Å². The van der Waals surface area contributed by atoms with Gasteiger partial charge in [0.25, 0.3) is 0 Å². The largest absolute Gasteiger partial charge is 0.396 e. The van der Waals surface area contributed by atoms with Crippen LogP contribution in [-0.4, -0.2) is 23.7 Å². The van der Waals surface area contributed by atoms with E-state index in [1.807, 2.05) is 31.2 Å². The maximum Gasteiger partial charge on any atom is 0.242 e. The number of nitriles is 1. The predicted octanol–water partition coefficient (Wildman–Crippen LogP) is 1.57. The van der Waals surface area contributed by atoms with Gasteiger partial charge in [-0.2, -0.15) is 5.26 Å². The molecule has 1 aromatic carbocycles. The molecule has 1 amide bonds. The minimum Gasteiger partial charge on any atom is -0.396 e. The fraction of sp³-hybridized carbons (Fsp3) is 0.429. The summed E-state index contributed by atoms with van der Waals surface area (Å²) in [5.74, 6) is -1.06. The third-order valence-corrected chi connectivity index (χ3v) is 2.71. The van der Waals surface area contributed by atoms with Crippen molar-refractivity contribution in [2.75, 3.05) is 6.61 Å². The van der Waals surface area contributed by atoms with Gasteiger partial charge in [-0.15, -0.1) is 0 Å². The van der Waals surface area contributed by atoms with Crippen molar-refractivity contribution >= 4 is 5.91 Å². The van der Waals surface area contributed by atoms with Crippen LogP contribution in [0.2, 0.25) is 0 Å². The van der Waals surface area contributed by atoms with Gasteiger partial charge in [0.15, 0.2) is 0 Å². The molecule has 18 heavy (non-hydrogen) atoms. The van der Waals surface area contributed by atoms with Crippen molar-refractivity contribution in [3.63, 3.8) is 0 Å². The van der Waals surface area contributed by atoms with Crippen molar-refractivity contribution in [3.8, 4) is 6.07 Å². The predicted molar refractivity (Wildman–Crippen MR) is 68.7 cm³/mol. The molecule has 0 saturated carbocycles. The zero-order valence-corrected chi connectivity index (χ0v) is 10.5. The molecule has 2 N–H and O–H groups in total. The number of benzene rings is 1. The molecule has 0 aliphatic rings. The molecule has 0 spiro atoms. The monoisotopic (exact) mass is 246 g/mol. The maximum atomic E-state index is 12.0. The van der Waals surface area contributed by atoms with Gasteiger partial charge in [0.1, 0.15) is 5.92 Å². The van der Waals surface area contributed by atoms with Gasteiger partial charge in [-0.1, -0.05) is 30.3 Å². The van der Waals surface area contributed by atoms with E-state index in [4.69, 9.17) is 10.4 Å². The third kappa shape index (κ3) is 4.19. The van der Waals surface area contributed by atoms with Crippen LogP contribution in [0.3, 0.4) is 0 Å². The quantitative estimate of drug-likeness (QED) is 0.800. The van der Waals surface area contributed by atoms with Crippen LogP contribution in [0, 0.1) is 11.3 Å². The minimum absolute atomic E-state index is 0.0378. The summed E-state index contributed by atoms with van der Waals surface area (Å²) in [5, 5.41) is 20.6. The Balaban J connectivity index is 2.62. The van der Waals surface area contributed by atoms with Crippen molar-refractivity contribution in [2.24, 2.45) is 0 Å². The second kappa shape index (κ2) is 7.46. The van der Waals surface area contributed by atoms with Crippen LogP contribution >= 0.6 is 0 Å². The van der Waals surface area contributed by atoms with Gasteiger partial charge >= 0.3 is 0 Å². The number of aliphatic hydroxyl groups is 1. The summed E-state index contributed by atoms with van der Waals surface area (Å²) in [5.41, 5.74) is 0.701. The van der Waals surface area contributed by atoms with Crippen LogP contribution in [0.5, 0.6) is 0 Å². The van der Waals surface area contributed by atoms with Crippen LogP contribution in [-0.2, 0) is 4.79 Å². The van der Waals surface area contributed by atoms with E-state index in [9.17, 15) is 4.79 Å². The highest BCUT2D eigenvalue weighted by Gasteiger charge is 2.20. The summed E-state index contributed by atoms with van der Waals surface area (Å²) in [4.78, 5) is 12.0. The molecule has 0 aliphatic heterocycles. The van der Waals surface area contributed by atoms with Gasteiger partial charge < -0.3 is 10.4 Å². The van der Waals surface area contributed by atoms with Crippen molar-refractivity contribution in [1.29, 1.82) is 5.26 Å². The number of carbonyl (C=O) groups excluding carboxylic acids is 1. The fourth-order valence-electron chi connectivity index (χ4n) is 1.73. The van der Waals surface area contributed by atoms with Gasteiger partial charge in [0.2, 0.25) is 5.91 Å². The van der Waals surface area contributed by atoms with Crippen LogP contribution < -0.4 is 5.32 Å². The summed E-state index contributed by atoms with van der Waals surface area (Å²) in [7, 11) is 0. The van der Waals surface area contributed by atoms with E-state index in [0.29, 0.717) is 18.4 Å². The molecule has 0 heterocycles. The lowest BCUT2D eigenvalue weighted by molar-refractivity contribution is -0.122. The SMILES string of the molecule is CC(CCCO)NC(=O)C(C#N)c1ccccc1. The first-order valence-corrected chi connectivity index (χ1v) is 6.04. The van der Waals surface area contributed by atoms with Crippen LogP contribution in [0.4, 0.5) is 0 Å². The summed E-state index contributed by atoms with van der Waals surface area (Å²) in [6.45, 7) is 1.98. The maximum absolute atomic E-state index is 12.0. The van der Waals surface area contributed by atoms with E-state index in [-0.39, 0.29) is 18.6 Å². The summed E-state index contributed by atoms with van der Waals surface area (Å²) >= 11 is 0. The molecule has 0 radical (unpaired) electrons. The van der Waals surface area contributed by atoms with Crippen molar-refractivity contribution in [2.45, 2.75) is 31.7 Å². The Bertz CT molecular complexity index is 412. The van der Waals surface area contributed by atoms with Gasteiger partial charge in [-0.05, 0) is 25.3 Å². The number of nitrogens with one attached hydrogen (secondary N) is 1. The van der Waals surface area contributed by atoms with Crippen LogP contribution in [0.15, 0.2) is 30.3 Å². The number of nitrogens with zero attached hydrogens (tertiary/aromatic N) is 1. The molecule has 0 aromatic heterocycles. The highest BCUT2D eigenvalue weighted by Crippen LogP contribution is 2.15. The fourth-order valence-corrected chi connectivity index (χ4v) is 1.73. The highest BCUT2D eigenvalue weighted by atomic mass is 16.2. The van der Waals surface area contributed by atoms with Crippen molar-refractivity contribution < 1.29 is 9.90 Å². The van der Waals surface area contributed by atoms with E-state index in [1.165, 1.54) is 0 Å². The zero-order chi connectivity index (χ0) is 13.4. The number of amides is 1. The van der Waals surface area contributed by atoms with E-state index < -0.39 is 5.92 Å². The Morgan fingerprint density at radius 2 is 2.11 bits per heavy atom. The minimum atomic E-state index is -0.775. The lowest BCUT2D eigenvalue weighted by atomic mass is 9.99. The molecule has 4 heteroatoms. The Morgan fingerprint density at radius 1 is 1.44 bits per heavy atom. The lowest BCUT2D eigenvalue weighted by Gasteiger charge is -2.16. The molecule has 0 aliphatic carbocycles. The standard InChI is InChI=1S/C14H18N2O2/c1-11(6-5-9-17)16-14(18)13(10-15)12-7-3-2-4-8-12/h2-4,7-8,11,13,17H,5-6,9H2,1H3,(H,16,18). The molecule has 4 nitrogen and oxygen atoms in total. The Hall–Kier alpha value is -1.86. The summed E-state index contributed by atoms with van der Waals surface area (Å²) in [6, 6.07) is 11.0. The first-order chi connectivity index (χ1) is 8.69. The third-order valence-electron chi connectivity index (χ3n) is 2.71. The lowest BCUT2D eigenvalue weighted by Crippen LogP contribution is -2.36. The molecule has 0 bridgehead atoms. The van der Waals surface area contributed by atoms with Gasteiger partial charge in [0.05, 0.1) is 6.07 Å². The summed E-state index contributed by atoms with van der Waals surface area (Å²) in [6.07, 6.45) is 1.35. The zero-order valence-electron chi connectivity index (χ0n) is 10.5. The second-order valence-corrected chi connectivity index (χ2v) is 4.25. The number of aliphatic hydroxyl groups excluding tert-OH is 1. The topological polar surface area (TPSA) is 73.1 Å². The van der Waals surface area contributed by atoms with Crippen molar-refractivity contribution in [1.82, 2.24) is 5.32 Å². The Labute approximate surface area is 107 Å². The van der Waals surface area contributed by atoms with E-state index >= 15 is 0 Å². The normalized spacial score (nSPS) is 13.4. The first kappa shape index (κ1) is 14.2. The second-order valence-electron chi connectivity index (χ2n) is 4.25. The Morgan fingerprint density at radius 3 is 2.67 bits per heavy atom. The molecule has 96 valence electrons. The average Bonchev–Trinajstić information content (AvgIpc) is 2.38. The number of carbonyl (C=O) groups is 1. The van der Waals surface area contributed by atoms with Gasteiger partial charge in [-0.25, -0.2) is 0 Å². The number of hydrogen-bond donors (Lipinski definition) is 2. The van der Waals surface area contributed by atoms with E-state index in [2.05, 4.69) is 5.32 Å². The molecule has 1 aromatic rings. The number of rotatable bonds is 6. The average molecular weight is 246 g/mol. The number of hydrogen-bond acceptors (Lipinski definition) is 3. The smallest absolute Gasteiger partial charge is 0.242 e. The first-order valence-electron chi connectivity index (χ1n) is 6.04. The van der Waals surface area contributed by atoms with E-state index in [1.54, 1.807) is 12.1 Å². The molecular weight excluding hydrogens is 228 g/mol. The molecule has 2 atom stereocenters. The van der Waals surface area contributed by atoms with Crippen molar-refractivity contribution in [3.05, 3.63) is 35.9 Å². The molecule has 1 rings (SSSR count). The van der Waals surface area contributed by atoms with E-state index in [0.717, 1.165) is 0 Å². The van der Waals surface area contributed by atoms with Gasteiger partial charge in [-0.3, -0.25) is 4.79 Å². The van der Waals surface area contributed by atoms with Crippen LogP contribution in [0.25, 0.3) is 0 Å². The summed E-state index contributed by atoms with van der Waals surface area (Å²) < 4.78 is 0. The Kier molecular flexibility index (Phi) is 5.89. The molecular formula is C14H18N2O2. The molecule has 0 fully saturated rings.